The molecule has 18 heteroatoms. The number of hydrogen-bond donors (Lipinski definition) is 2. The minimum Gasteiger partial charge on any atom is -0.443 e. The maximum atomic E-state index is 14.9. The Morgan fingerprint density at radius 2 is 1.60 bits per heavy atom. The Balaban J connectivity index is 1.62. The van der Waals surface area contributed by atoms with Gasteiger partial charge in [-0.15, -0.1) is 0 Å². The zero-order valence-electron chi connectivity index (χ0n) is 29.3. The van der Waals surface area contributed by atoms with Crippen molar-refractivity contribution in [1.82, 2.24) is 24.5 Å². The molecule has 0 bridgehead atoms. The van der Waals surface area contributed by atoms with Gasteiger partial charge in [-0.05, 0) is 72.1 Å². The predicted molar refractivity (Wildman–Crippen MR) is 179 cm³/mol. The van der Waals surface area contributed by atoms with Crippen LogP contribution in [0.4, 0.5) is 43.0 Å². The average Bonchev–Trinajstić information content (AvgIpc) is 3.44. The predicted octanol–water partition coefficient (Wildman–Crippen LogP) is 5.95. The number of ether oxygens (including phenoxy) is 2. The first-order valence-electron chi connectivity index (χ1n) is 16.2. The molecule has 52 heavy (non-hydrogen) atoms. The van der Waals surface area contributed by atoms with Gasteiger partial charge < -0.3 is 29.8 Å². The zero-order chi connectivity index (χ0) is 38.3. The summed E-state index contributed by atoms with van der Waals surface area (Å²) < 4.78 is 82.7. The molecular formula is C34H39F5N8O5. The Kier molecular flexibility index (Phi) is 10.5. The summed E-state index contributed by atoms with van der Waals surface area (Å²) in [4.78, 5) is 46.1. The van der Waals surface area contributed by atoms with Crippen LogP contribution in [0.5, 0.6) is 0 Å². The van der Waals surface area contributed by atoms with Crippen LogP contribution in [0.25, 0.3) is 22.4 Å². The Bertz CT molecular complexity index is 1950. The number of aliphatic hydroxyl groups is 1. The van der Waals surface area contributed by atoms with Crippen molar-refractivity contribution in [2.75, 3.05) is 22.9 Å². The monoisotopic (exact) mass is 734 g/mol. The van der Waals surface area contributed by atoms with E-state index in [2.05, 4.69) is 19.9 Å². The number of imide groups is 1. The largest absolute Gasteiger partial charge is 0.443 e. The highest BCUT2D eigenvalue weighted by Gasteiger charge is 2.43. The Labute approximate surface area is 295 Å². The lowest BCUT2D eigenvalue weighted by Gasteiger charge is -2.44. The van der Waals surface area contributed by atoms with Crippen LogP contribution in [-0.4, -0.2) is 84.2 Å². The van der Waals surface area contributed by atoms with Gasteiger partial charge in [-0.3, -0.25) is 4.98 Å². The Hall–Kier alpha value is -4.97. The number of fused-ring (bicyclic) bond motifs is 1. The number of hydrogen-bond acceptors (Lipinski definition) is 11. The topological polar surface area (TPSA) is 162 Å². The molecule has 0 spiro atoms. The molecule has 13 nitrogen and oxygen atoms in total. The minimum absolute atomic E-state index is 0.0132. The summed E-state index contributed by atoms with van der Waals surface area (Å²) in [6.07, 6.45) is -3.25. The lowest BCUT2D eigenvalue weighted by atomic mass is 9.84. The van der Waals surface area contributed by atoms with Crippen molar-refractivity contribution >= 4 is 34.9 Å². The molecule has 1 fully saturated rings. The number of piperidine rings is 1. The fourth-order valence-electron chi connectivity index (χ4n) is 5.77. The molecule has 4 heterocycles. The molecule has 5 rings (SSSR count). The van der Waals surface area contributed by atoms with E-state index >= 15 is 0 Å². The summed E-state index contributed by atoms with van der Waals surface area (Å²) in [7, 11) is 0. The van der Waals surface area contributed by atoms with E-state index < -0.39 is 58.9 Å². The van der Waals surface area contributed by atoms with E-state index in [-0.39, 0.29) is 47.7 Å². The van der Waals surface area contributed by atoms with Crippen molar-refractivity contribution < 1.29 is 46.1 Å². The molecule has 0 saturated carbocycles. The number of carbonyl (C=O) groups excluding carboxylic acids is 2. The van der Waals surface area contributed by atoms with Crippen LogP contribution in [-0.2, 0) is 16.0 Å². The average molecular weight is 735 g/mol. The molecule has 3 aromatic heterocycles. The number of amides is 2. The van der Waals surface area contributed by atoms with Gasteiger partial charge in [0.05, 0.1) is 36.0 Å². The summed E-state index contributed by atoms with van der Waals surface area (Å²) in [5.74, 6) is -4.04. The first-order chi connectivity index (χ1) is 24.2. The normalized spacial score (nSPS) is 17.4. The highest BCUT2D eigenvalue weighted by molar-refractivity contribution is 6.12. The number of benzene rings is 1. The van der Waals surface area contributed by atoms with Gasteiger partial charge in [-0.25, -0.2) is 46.5 Å². The third-order valence-corrected chi connectivity index (χ3v) is 8.06. The summed E-state index contributed by atoms with van der Waals surface area (Å²) in [5, 5.41) is 10.3. The number of imidazole rings is 1. The van der Waals surface area contributed by atoms with Crippen molar-refractivity contribution in [3.05, 3.63) is 60.1 Å². The van der Waals surface area contributed by atoms with Gasteiger partial charge >= 0.3 is 12.2 Å². The van der Waals surface area contributed by atoms with Gasteiger partial charge in [0.1, 0.15) is 29.5 Å². The van der Waals surface area contributed by atoms with E-state index in [4.69, 9.17) is 15.2 Å². The number of rotatable bonds is 7. The van der Waals surface area contributed by atoms with Crippen LogP contribution in [0.2, 0.25) is 0 Å². The minimum atomic E-state index is -3.10. The van der Waals surface area contributed by atoms with E-state index in [1.165, 1.54) is 23.2 Å². The quantitative estimate of drug-likeness (QED) is 0.170. The molecule has 2 amide bonds. The molecule has 1 aromatic carbocycles. The fourth-order valence-corrected chi connectivity index (χ4v) is 5.77. The molecule has 1 aliphatic heterocycles. The molecule has 0 radical (unpaired) electrons. The molecule has 280 valence electrons. The maximum Gasteiger partial charge on any atom is 0.425 e. The van der Waals surface area contributed by atoms with Gasteiger partial charge in [-0.2, -0.15) is 4.90 Å². The molecule has 1 saturated heterocycles. The lowest BCUT2D eigenvalue weighted by Crippen LogP contribution is -2.63. The summed E-state index contributed by atoms with van der Waals surface area (Å²) in [6.45, 7) is 9.67. The molecule has 2 unspecified atom stereocenters. The number of halogens is 5. The number of aromatic nitrogens is 5. The highest BCUT2D eigenvalue weighted by atomic mass is 19.3. The fraction of sp³-hybridized carbons (Fsp3) is 0.471. The molecule has 2 atom stereocenters. The van der Waals surface area contributed by atoms with E-state index in [1.807, 2.05) is 0 Å². The van der Waals surface area contributed by atoms with Gasteiger partial charge in [0.25, 0.3) is 6.43 Å². The number of carbonyl (C=O) groups is 2. The maximum absolute atomic E-state index is 14.9. The highest BCUT2D eigenvalue weighted by Crippen LogP contribution is 2.35. The standard InChI is InChI=1S/C34H39F5N8O5/c1-32(2,3)51-30(49)47(31(50)52-33(4,5)6)29-25-28(42-16-43-29)46(17-44-25)14-18-10-23(19-11-21(36)22(37)12-20(19)35)41-13-24(18)45-9-7-8-34(40,15-45)26(48)27(38)39/h10-13,16-17,26-27,48H,7-9,14-15,40H2,1-6H3. The van der Waals surface area contributed by atoms with Gasteiger partial charge in [0.15, 0.2) is 28.6 Å². The van der Waals surface area contributed by atoms with Gasteiger partial charge in [-0.1, -0.05) is 0 Å². The van der Waals surface area contributed by atoms with Crippen molar-refractivity contribution in [3.8, 4) is 11.3 Å². The van der Waals surface area contributed by atoms with E-state index in [0.717, 1.165) is 6.33 Å². The van der Waals surface area contributed by atoms with E-state index in [9.17, 15) is 36.6 Å². The van der Waals surface area contributed by atoms with E-state index in [1.54, 1.807) is 46.4 Å². The second-order valence-corrected chi connectivity index (χ2v) is 14.5. The number of nitrogens with two attached hydrogens (primary N) is 1. The van der Waals surface area contributed by atoms with Crippen molar-refractivity contribution in [2.45, 2.75) is 90.2 Å². The molecule has 4 aromatic rings. The van der Waals surface area contributed by atoms with Gasteiger partial charge in [0, 0.05) is 24.7 Å². The lowest BCUT2D eigenvalue weighted by molar-refractivity contribution is -0.0529. The first-order valence-corrected chi connectivity index (χ1v) is 16.2. The van der Waals surface area contributed by atoms with Crippen LogP contribution in [0.3, 0.4) is 0 Å². The van der Waals surface area contributed by atoms with Crippen LogP contribution >= 0.6 is 0 Å². The first kappa shape index (κ1) is 38.3. The molecule has 3 N–H and O–H groups in total. The number of anilines is 2. The van der Waals surface area contributed by atoms with Gasteiger partial charge in [0.2, 0.25) is 0 Å². The Morgan fingerprint density at radius 1 is 0.962 bits per heavy atom. The Morgan fingerprint density at radius 3 is 2.21 bits per heavy atom. The van der Waals surface area contributed by atoms with Crippen molar-refractivity contribution in [2.24, 2.45) is 5.73 Å². The second kappa shape index (κ2) is 14.2. The molecule has 1 aliphatic rings. The SMILES string of the molecule is CC(C)(C)OC(=O)N(C(=O)OC(C)(C)C)c1ncnc2c1ncn2Cc1cc(-c2cc(F)c(F)cc2F)ncc1N1CCCC(N)(C(O)C(F)F)C1. The molecular weight excluding hydrogens is 695 g/mol. The number of pyridine rings is 1. The summed E-state index contributed by atoms with van der Waals surface area (Å²) >= 11 is 0. The van der Waals surface area contributed by atoms with Crippen LogP contribution in [0, 0.1) is 17.5 Å². The zero-order valence-corrected chi connectivity index (χ0v) is 29.3. The summed E-state index contributed by atoms with van der Waals surface area (Å²) in [6, 6.07) is 2.46. The third kappa shape index (κ3) is 8.22. The smallest absolute Gasteiger partial charge is 0.425 e. The summed E-state index contributed by atoms with van der Waals surface area (Å²) in [5.41, 5.74) is 2.98. The number of alkyl halides is 2. The van der Waals surface area contributed by atoms with Crippen LogP contribution in [0.15, 0.2) is 37.1 Å². The number of aliphatic hydroxyl groups excluding tert-OH is 1. The third-order valence-electron chi connectivity index (χ3n) is 8.06. The number of nitrogens with zero attached hydrogens (tertiary/aromatic N) is 7. The van der Waals surface area contributed by atoms with Crippen molar-refractivity contribution in [1.29, 1.82) is 0 Å². The second-order valence-electron chi connectivity index (χ2n) is 14.5. The van der Waals surface area contributed by atoms with Crippen molar-refractivity contribution in [3.63, 3.8) is 0 Å². The van der Waals surface area contributed by atoms with Crippen LogP contribution < -0.4 is 15.5 Å². The van der Waals surface area contributed by atoms with Crippen LogP contribution in [0.1, 0.15) is 59.9 Å². The van der Waals surface area contributed by atoms with E-state index in [0.29, 0.717) is 41.2 Å². The molecule has 0 aliphatic carbocycles.